The SMILES string of the molecule is CCn1c(-c2ccc(Cl)cc2)nn(CN2c3ccccc3C(C(N)=O)CC2C)c1=S. The third-order valence-corrected chi connectivity index (χ3v) is 6.38. The summed E-state index contributed by atoms with van der Waals surface area (Å²) in [4.78, 5) is 14.2. The molecule has 2 aromatic carbocycles. The van der Waals surface area contributed by atoms with Gasteiger partial charge in [0.15, 0.2) is 10.6 Å². The smallest absolute Gasteiger partial charge is 0.225 e. The molecule has 0 aliphatic carbocycles. The van der Waals surface area contributed by atoms with Crippen LogP contribution in [0.3, 0.4) is 0 Å². The molecule has 4 rings (SSSR count). The van der Waals surface area contributed by atoms with Gasteiger partial charge in [-0.2, -0.15) is 0 Å². The van der Waals surface area contributed by atoms with Gasteiger partial charge in [0, 0.05) is 28.9 Å². The van der Waals surface area contributed by atoms with Crippen molar-refractivity contribution in [3.63, 3.8) is 0 Å². The van der Waals surface area contributed by atoms with Crippen LogP contribution in [0.2, 0.25) is 5.02 Å². The van der Waals surface area contributed by atoms with Gasteiger partial charge in [-0.25, -0.2) is 4.68 Å². The average Bonchev–Trinajstić information content (AvgIpc) is 3.05. The molecule has 0 saturated carbocycles. The highest BCUT2D eigenvalue weighted by molar-refractivity contribution is 7.71. The van der Waals surface area contributed by atoms with E-state index in [2.05, 4.69) is 18.7 Å². The van der Waals surface area contributed by atoms with Crippen LogP contribution in [-0.4, -0.2) is 26.3 Å². The van der Waals surface area contributed by atoms with E-state index in [4.69, 9.17) is 34.7 Å². The fourth-order valence-corrected chi connectivity index (χ4v) is 4.58. The van der Waals surface area contributed by atoms with Gasteiger partial charge in [-0.3, -0.25) is 4.79 Å². The molecule has 0 radical (unpaired) electrons. The number of halogens is 1. The van der Waals surface area contributed by atoms with E-state index in [-0.39, 0.29) is 17.9 Å². The second kappa shape index (κ2) is 8.24. The number of carbonyl (C=O) groups excluding carboxylic acids is 1. The van der Waals surface area contributed by atoms with Crippen molar-refractivity contribution in [2.24, 2.45) is 5.73 Å². The van der Waals surface area contributed by atoms with Crippen LogP contribution >= 0.6 is 23.8 Å². The van der Waals surface area contributed by atoms with E-state index in [0.29, 0.717) is 29.4 Å². The molecule has 0 bridgehead atoms. The molecule has 1 aliphatic rings. The van der Waals surface area contributed by atoms with Crippen molar-refractivity contribution in [2.45, 2.75) is 45.4 Å². The Hall–Kier alpha value is -2.64. The largest absolute Gasteiger partial charge is 0.369 e. The molecule has 2 N–H and O–H groups in total. The van der Waals surface area contributed by atoms with Crippen molar-refractivity contribution in [1.82, 2.24) is 14.3 Å². The predicted molar refractivity (Wildman–Crippen MR) is 122 cm³/mol. The van der Waals surface area contributed by atoms with Gasteiger partial charge in [0.2, 0.25) is 5.91 Å². The van der Waals surface area contributed by atoms with Gasteiger partial charge in [-0.1, -0.05) is 29.8 Å². The number of nitrogens with zero attached hydrogens (tertiary/aromatic N) is 4. The number of rotatable bonds is 5. The van der Waals surface area contributed by atoms with E-state index in [1.165, 1.54) is 0 Å². The third kappa shape index (κ3) is 3.63. The molecule has 6 nitrogen and oxygen atoms in total. The highest BCUT2D eigenvalue weighted by Crippen LogP contribution is 2.38. The van der Waals surface area contributed by atoms with Gasteiger partial charge >= 0.3 is 0 Å². The molecule has 0 saturated heterocycles. The lowest BCUT2D eigenvalue weighted by Gasteiger charge is -2.39. The second-order valence-corrected chi connectivity index (χ2v) is 8.37. The molecule has 2 heterocycles. The van der Waals surface area contributed by atoms with Gasteiger partial charge in [0.05, 0.1) is 5.92 Å². The Balaban J connectivity index is 1.74. The van der Waals surface area contributed by atoms with Gasteiger partial charge in [-0.05, 0) is 68.4 Å². The quantitative estimate of drug-likeness (QED) is 0.588. The summed E-state index contributed by atoms with van der Waals surface area (Å²) >= 11 is 11.8. The molecule has 2 atom stereocenters. The summed E-state index contributed by atoms with van der Waals surface area (Å²) < 4.78 is 4.52. The lowest BCUT2D eigenvalue weighted by atomic mass is 9.86. The fourth-order valence-electron chi connectivity index (χ4n) is 4.14. The minimum Gasteiger partial charge on any atom is -0.369 e. The highest BCUT2D eigenvalue weighted by atomic mass is 35.5. The summed E-state index contributed by atoms with van der Waals surface area (Å²) in [6.45, 7) is 5.37. The number of primary amides is 1. The maximum absolute atomic E-state index is 12.0. The van der Waals surface area contributed by atoms with Gasteiger partial charge in [-0.15, -0.1) is 5.10 Å². The maximum Gasteiger partial charge on any atom is 0.225 e. The van der Waals surface area contributed by atoms with Gasteiger partial charge < -0.3 is 15.2 Å². The topological polar surface area (TPSA) is 69.1 Å². The second-order valence-electron chi connectivity index (χ2n) is 7.57. The fraction of sp³-hybridized carbons (Fsp3) is 0.318. The monoisotopic (exact) mass is 441 g/mol. The molecule has 3 aromatic rings. The van der Waals surface area contributed by atoms with Crippen molar-refractivity contribution in [2.75, 3.05) is 4.90 Å². The Morgan fingerprint density at radius 3 is 2.60 bits per heavy atom. The summed E-state index contributed by atoms with van der Waals surface area (Å²) in [6.07, 6.45) is 0.665. The predicted octanol–water partition coefficient (Wildman–Crippen LogP) is 4.58. The zero-order valence-electron chi connectivity index (χ0n) is 17.0. The average molecular weight is 442 g/mol. The number of hydrogen-bond donors (Lipinski definition) is 1. The zero-order chi connectivity index (χ0) is 21.4. The molecule has 30 heavy (non-hydrogen) atoms. The number of benzene rings is 2. The number of nitrogens with two attached hydrogens (primary N) is 1. The molecular weight excluding hydrogens is 418 g/mol. The number of carbonyl (C=O) groups is 1. The van der Waals surface area contributed by atoms with E-state index in [1.54, 1.807) is 0 Å². The molecule has 156 valence electrons. The van der Waals surface area contributed by atoms with Crippen molar-refractivity contribution in [3.05, 3.63) is 63.9 Å². The molecule has 1 aromatic heterocycles. The molecule has 2 unspecified atom stereocenters. The van der Waals surface area contributed by atoms with Crippen LogP contribution < -0.4 is 10.6 Å². The standard InChI is InChI=1S/C22H24ClN5OS/c1-3-26-21(15-8-10-16(23)11-9-15)25-28(22(26)30)13-27-14(2)12-18(20(24)29)17-6-4-5-7-19(17)27/h4-11,14,18H,3,12-13H2,1-2H3,(H2,24,29). The number of amides is 1. The zero-order valence-corrected chi connectivity index (χ0v) is 18.5. The van der Waals surface area contributed by atoms with Crippen LogP contribution in [0.25, 0.3) is 11.4 Å². The van der Waals surface area contributed by atoms with Crippen LogP contribution in [0.15, 0.2) is 48.5 Å². The van der Waals surface area contributed by atoms with Gasteiger partial charge in [0.25, 0.3) is 0 Å². The normalized spacial score (nSPS) is 18.3. The van der Waals surface area contributed by atoms with Gasteiger partial charge in [0.1, 0.15) is 6.67 Å². The Morgan fingerprint density at radius 1 is 1.23 bits per heavy atom. The number of anilines is 1. The minimum atomic E-state index is -0.286. The highest BCUT2D eigenvalue weighted by Gasteiger charge is 2.33. The Morgan fingerprint density at radius 2 is 1.93 bits per heavy atom. The summed E-state index contributed by atoms with van der Waals surface area (Å²) in [5.41, 5.74) is 8.60. The first-order valence-corrected chi connectivity index (χ1v) is 10.8. The first kappa shape index (κ1) is 20.6. The molecule has 0 spiro atoms. The van der Waals surface area contributed by atoms with Crippen LogP contribution in [-0.2, 0) is 18.0 Å². The van der Waals surface area contributed by atoms with Crippen LogP contribution in [0.4, 0.5) is 5.69 Å². The Labute approximate surface area is 185 Å². The number of aromatic nitrogens is 3. The Kier molecular flexibility index (Phi) is 5.66. The van der Waals surface area contributed by atoms with Crippen LogP contribution in [0.5, 0.6) is 0 Å². The first-order chi connectivity index (χ1) is 14.4. The molecule has 8 heteroatoms. The van der Waals surface area contributed by atoms with Crippen LogP contribution in [0.1, 0.15) is 31.7 Å². The lowest BCUT2D eigenvalue weighted by molar-refractivity contribution is -0.119. The molecule has 1 aliphatic heterocycles. The first-order valence-electron chi connectivity index (χ1n) is 9.99. The molecular formula is C22H24ClN5OS. The van der Waals surface area contributed by atoms with E-state index >= 15 is 0 Å². The van der Waals surface area contributed by atoms with Crippen LogP contribution in [0, 0.1) is 4.77 Å². The minimum absolute atomic E-state index is 0.116. The van der Waals surface area contributed by atoms with Crippen molar-refractivity contribution >= 4 is 35.4 Å². The third-order valence-electron chi connectivity index (χ3n) is 5.70. The number of hydrogen-bond acceptors (Lipinski definition) is 4. The summed E-state index contributed by atoms with van der Waals surface area (Å²) in [5.74, 6) is 0.247. The van der Waals surface area contributed by atoms with E-state index in [1.807, 2.05) is 57.8 Å². The lowest BCUT2D eigenvalue weighted by Crippen LogP contribution is -2.42. The molecule has 0 fully saturated rings. The summed E-state index contributed by atoms with van der Waals surface area (Å²) in [7, 11) is 0. The van der Waals surface area contributed by atoms with Crippen molar-refractivity contribution < 1.29 is 4.79 Å². The summed E-state index contributed by atoms with van der Waals surface area (Å²) in [6, 6.07) is 15.7. The number of para-hydroxylation sites is 1. The van der Waals surface area contributed by atoms with E-state index < -0.39 is 0 Å². The maximum atomic E-state index is 12.0. The molecule has 1 amide bonds. The summed E-state index contributed by atoms with van der Waals surface area (Å²) in [5, 5.41) is 5.52. The van der Waals surface area contributed by atoms with E-state index in [0.717, 1.165) is 22.6 Å². The van der Waals surface area contributed by atoms with Crippen molar-refractivity contribution in [1.29, 1.82) is 0 Å². The number of fused-ring (bicyclic) bond motifs is 1. The Bertz CT molecular complexity index is 1140. The van der Waals surface area contributed by atoms with E-state index in [9.17, 15) is 4.79 Å². The van der Waals surface area contributed by atoms with Crippen molar-refractivity contribution in [3.8, 4) is 11.4 Å².